The number of rotatable bonds is 2. The summed E-state index contributed by atoms with van der Waals surface area (Å²) in [6, 6.07) is 1.24. The van der Waals surface area contributed by atoms with E-state index >= 15 is 0 Å². The van der Waals surface area contributed by atoms with E-state index in [1.807, 2.05) is 0 Å². The van der Waals surface area contributed by atoms with E-state index < -0.39 is 0 Å². The zero-order valence-electron chi connectivity index (χ0n) is 9.67. The molecule has 4 heteroatoms. The fourth-order valence-corrected chi connectivity index (χ4v) is 2.08. The predicted octanol–water partition coefficient (Wildman–Crippen LogP) is -0.216. The summed E-state index contributed by atoms with van der Waals surface area (Å²) in [7, 11) is 0. The number of hydrogen-bond acceptors (Lipinski definition) is 4. The maximum absolute atomic E-state index is 5.44. The maximum Gasteiger partial charge on any atom is 0.0190 e. The normalized spacial score (nSPS) is 30.8. The summed E-state index contributed by atoms with van der Waals surface area (Å²) in [4.78, 5) is 0. The van der Waals surface area contributed by atoms with Crippen molar-refractivity contribution in [3.8, 4) is 0 Å². The average molecular weight is 214 g/mol. The number of piperidine rings is 1. The molecule has 0 amide bonds. The van der Waals surface area contributed by atoms with Crippen molar-refractivity contribution in [2.45, 2.75) is 44.2 Å². The SMILES string of the molecule is NCC1CCCCN1.NCC1CCCN1. The zero-order valence-corrected chi connectivity index (χ0v) is 9.67. The molecule has 0 saturated carbocycles. The Morgan fingerprint density at radius 2 is 1.33 bits per heavy atom. The molecule has 4 nitrogen and oxygen atoms in total. The van der Waals surface area contributed by atoms with E-state index in [0.717, 1.165) is 13.1 Å². The summed E-state index contributed by atoms with van der Waals surface area (Å²) in [5, 5.41) is 6.62. The van der Waals surface area contributed by atoms with E-state index in [-0.39, 0.29) is 0 Å². The molecule has 2 saturated heterocycles. The van der Waals surface area contributed by atoms with Crippen LogP contribution in [0.25, 0.3) is 0 Å². The second-order valence-electron chi connectivity index (χ2n) is 4.41. The van der Waals surface area contributed by atoms with E-state index in [4.69, 9.17) is 11.5 Å². The summed E-state index contributed by atoms with van der Waals surface area (Å²) in [5.74, 6) is 0. The Bertz CT molecular complexity index is 140. The van der Waals surface area contributed by atoms with Gasteiger partial charge in [0.15, 0.2) is 0 Å². The summed E-state index contributed by atoms with van der Waals surface area (Å²) in [5.41, 5.74) is 10.8. The Hall–Kier alpha value is -0.160. The molecule has 90 valence electrons. The molecule has 6 N–H and O–H groups in total. The quantitative estimate of drug-likeness (QED) is 0.513. The Morgan fingerprint density at radius 1 is 0.800 bits per heavy atom. The first-order valence-electron chi connectivity index (χ1n) is 6.23. The molecule has 0 bridgehead atoms. The van der Waals surface area contributed by atoms with Crippen molar-refractivity contribution in [3.63, 3.8) is 0 Å². The fraction of sp³-hybridized carbons (Fsp3) is 1.00. The van der Waals surface area contributed by atoms with Crippen LogP contribution in [0, 0.1) is 0 Å². The van der Waals surface area contributed by atoms with Crippen molar-refractivity contribution >= 4 is 0 Å². The van der Waals surface area contributed by atoms with Gasteiger partial charge in [-0.3, -0.25) is 0 Å². The highest BCUT2D eigenvalue weighted by Gasteiger charge is 2.10. The van der Waals surface area contributed by atoms with Gasteiger partial charge in [0, 0.05) is 25.2 Å². The summed E-state index contributed by atoms with van der Waals surface area (Å²) in [6.07, 6.45) is 6.54. The molecule has 2 atom stereocenters. The third-order valence-corrected chi connectivity index (χ3v) is 3.14. The van der Waals surface area contributed by atoms with Gasteiger partial charge in [-0.1, -0.05) is 6.42 Å². The lowest BCUT2D eigenvalue weighted by Gasteiger charge is -2.21. The van der Waals surface area contributed by atoms with E-state index in [2.05, 4.69) is 10.6 Å². The van der Waals surface area contributed by atoms with Crippen LogP contribution in [0.15, 0.2) is 0 Å². The monoisotopic (exact) mass is 214 g/mol. The van der Waals surface area contributed by atoms with Crippen molar-refractivity contribution in [3.05, 3.63) is 0 Å². The molecule has 2 heterocycles. The Labute approximate surface area is 93.2 Å². The highest BCUT2D eigenvalue weighted by atomic mass is 15.0. The van der Waals surface area contributed by atoms with Gasteiger partial charge < -0.3 is 22.1 Å². The molecular formula is C11H26N4. The topological polar surface area (TPSA) is 76.1 Å². The summed E-state index contributed by atoms with van der Waals surface area (Å²) < 4.78 is 0. The van der Waals surface area contributed by atoms with Crippen molar-refractivity contribution in [2.24, 2.45) is 11.5 Å². The van der Waals surface area contributed by atoms with E-state index in [0.29, 0.717) is 12.1 Å². The highest BCUT2D eigenvalue weighted by molar-refractivity contribution is 4.73. The van der Waals surface area contributed by atoms with Crippen LogP contribution in [0.2, 0.25) is 0 Å². The van der Waals surface area contributed by atoms with E-state index in [1.165, 1.54) is 45.2 Å². The maximum atomic E-state index is 5.44. The molecule has 0 aliphatic carbocycles. The molecule has 2 aliphatic rings. The van der Waals surface area contributed by atoms with Gasteiger partial charge in [-0.25, -0.2) is 0 Å². The summed E-state index contributed by atoms with van der Waals surface area (Å²) in [6.45, 7) is 3.95. The molecule has 15 heavy (non-hydrogen) atoms. The molecule has 2 unspecified atom stereocenters. The summed E-state index contributed by atoms with van der Waals surface area (Å²) >= 11 is 0. The van der Waals surface area contributed by atoms with Gasteiger partial charge in [-0.15, -0.1) is 0 Å². The second kappa shape index (κ2) is 8.05. The highest BCUT2D eigenvalue weighted by Crippen LogP contribution is 2.04. The average Bonchev–Trinajstić information content (AvgIpc) is 2.84. The molecule has 0 aromatic carbocycles. The predicted molar refractivity (Wildman–Crippen MR) is 64.8 cm³/mol. The molecule has 0 aromatic rings. The lowest BCUT2D eigenvalue weighted by molar-refractivity contribution is 0.407. The third-order valence-electron chi connectivity index (χ3n) is 3.14. The Kier molecular flexibility index (Phi) is 6.92. The van der Waals surface area contributed by atoms with Gasteiger partial charge in [-0.2, -0.15) is 0 Å². The lowest BCUT2D eigenvalue weighted by atomic mass is 10.1. The molecule has 2 fully saturated rings. The van der Waals surface area contributed by atoms with Gasteiger partial charge in [0.05, 0.1) is 0 Å². The van der Waals surface area contributed by atoms with Crippen LogP contribution in [0.5, 0.6) is 0 Å². The number of nitrogens with one attached hydrogen (secondary N) is 2. The first kappa shape index (κ1) is 12.9. The molecule has 2 aliphatic heterocycles. The molecule has 0 aromatic heterocycles. The van der Waals surface area contributed by atoms with Gasteiger partial charge >= 0.3 is 0 Å². The van der Waals surface area contributed by atoms with Crippen LogP contribution >= 0.6 is 0 Å². The van der Waals surface area contributed by atoms with Gasteiger partial charge in [0.2, 0.25) is 0 Å². The fourth-order valence-electron chi connectivity index (χ4n) is 2.08. The van der Waals surface area contributed by atoms with Crippen LogP contribution < -0.4 is 22.1 Å². The first-order valence-corrected chi connectivity index (χ1v) is 6.23. The minimum Gasteiger partial charge on any atom is -0.329 e. The Balaban J connectivity index is 0.000000151. The van der Waals surface area contributed by atoms with Crippen LogP contribution in [0.4, 0.5) is 0 Å². The molecule has 0 spiro atoms. The smallest absolute Gasteiger partial charge is 0.0190 e. The van der Waals surface area contributed by atoms with Crippen molar-refractivity contribution < 1.29 is 0 Å². The number of nitrogens with two attached hydrogens (primary N) is 2. The first-order chi connectivity index (χ1) is 7.36. The van der Waals surface area contributed by atoms with Crippen LogP contribution in [0.1, 0.15) is 32.1 Å². The van der Waals surface area contributed by atoms with Gasteiger partial charge in [0.1, 0.15) is 0 Å². The largest absolute Gasteiger partial charge is 0.329 e. The zero-order chi connectivity index (χ0) is 10.9. The molecule has 0 radical (unpaired) electrons. The van der Waals surface area contributed by atoms with Gasteiger partial charge in [0.25, 0.3) is 0 Å². The molecule has 2 rings (SSSR count). The minimum absolute atomic E-state index is 0.615. The van der Waals surface area contributed by atoms with Gasteiger partial charge in [-0.05, 0) is 38.8 Å². The van der Waals surface area contributed by atoms with Crippen LogP contribution in [0.3, 0.4) is 0 Å². The van der Waals surface area contributed by atoms with Crippen LogP contribution in [-0.4, -0.2) is 38.3 Å². The minimum atomic E-state index is 0.615. The lowest BCUT2D eigenvalue weighted by Crippen LogP contribution is -2.39. The van der Waals surface area contributed by atoms with Crippen molar-refractivity contribution in [1.29, 1.82) is 0 Å². The van der Waals surface area contributed by atoms with Crippen molar-refractivity contribution in [1.82, 2.24) is 10.6 Å². The van der Waals surface area contributed by atoms with E-state index in [9.17, 15) is 0 Å². The second-order valence-corrected chi connectivity index (χ2v) is 4.41. The van der Waals surface area contributed by atoms with Crippen molar-refractivity contribution in [2.75, 3.05) is 26.2 Å². The van der Waals surface area contributed by atoms with E-state index in [1.54, 1.807) is 0 Å². The number of hydrogen-bond donors (Lipinski definition) is 4. The van der Waals surface area contributed by atoms with Crippen LogP contribution in [-0.2, 0) is 0 Å². The Morgan fingerprint density at radius 3 is 1.67 bits per heavy atom. The molecular weight excluding hydrogens is 188 g/mol. The standard InChI is InChI=1S/C6H14N2.C5H12N2/c7-5-6-3-1-2-4-8-6;6-4-5-2-1-3-7-5/h6,8H,1-5,7H2;5,7H,1-4,6H2. The third kappa shape index (κ3) is 5.47.